The first kappa shape index (κ1) is 22.0. The van der Waals surface area contributed by atoms with E-state index in [0.29, 0.717) is 17.1 Å². The minimum atomic E-state index is -3.68. The molecule has 0 aliphatic heterocycles. The maximum absolute atomic E-state index is 12.9. The predicted molar refractivity (Wildman–Crippen MR) is 112 cm³/mol. The number of nitrogens with zero attached hydrogens (tertiary/aromatic N) is 1. The Balaban J connectivity index is 2.24. The van der Waals surface area contributed by atoms with Gasteiger partial charge in [0.2, 0.25) is 15.9 Å². The first-order chi connectivity index (χ1) is 13.2. The summed E-state index contributed by atoms with van der Waals surface area (Å²) in [6.07, 6.45) is 1.73. The van der Waals surface area contributed by atoms with Crippen molar-refractivity contribution >= 4 is 33.2 Å². The number of carbonyl (C=O) groups is 1. The van der Waals surface area contributed by atoms with E-state index >= 15 is 0 Å². The van der Waals surface area contributed by atoms with Crippen LogP contribution in [0.2, 0.25) is 5.02 Å². The van der Waals surface area contributed by atoms with E-state index in [1.165, 1.54) is 0 Å². The van der Waals surface area contributed by atoms with E-state index in [9.17, 15) is 13.2 Å². The molecule has 0 unspecified atom stereocenters. The normalized spacial score (nSPS) is 13.5. The molecule has 0 aliphatic carbocycles. The monoisotopic (exact) mass is 424 g/mol. The van der Waals surface area contributed by atoms with Crippen LogP contribution >= 0.6 is 11.6 Å². The number of sulfonamides is 1. The van der Waals surface area contributed by atoms with Gasteiger partial charge in [0.1, 0.15) is 11.8 Å². The number of carbonyl (C=O) groups excluding carboxylic acids is 1. The quantitative estimate of drug-likeness (QED) is 0.699. The predicted octanol–water partition coefficient (Wildman–Crippen LogP) is 3.77. The molecular formula is C20H25ClN2O4S. The van der Waals surface area contributed by atoms with Gasteiger partial charge in [-0.2, -0.15) is 0 Å². The summed E-state index contributed by atoms with van der Waals surface area (Å²) < 4.78 is 31.0. The fourth-order valence-electron chi connectivity index (χ4n) is 2.95. The van der Waals surface area contributed by atoms with Crippen LogP contribution in [0.5, 0.6) is 5.75 Å². The standard InChI is InChI=1S/C20H25ClN2O4S/c1-5-19(15-6-12-18(27-3)13-7-15)22-20(24)14(2)23(28(4,25)26)17-10-8-16(21)9-11-17/h6-14,19H,5H2,1-4H3,(H,22,24)/t14-,19-/m1/s1. The number of halogens is 1. The highest BCUT2D eigenvalue weighted by atomic mass is 35.5. The van der Waals surface area contributed by atoms with E-state index in [4.69, 9.17) is 16.3 Å². The summed E-state index contributed by atoms with van der Waals surface area (Å²) in [4.78, 5) is 12.9. The number of nitrogens with one attached hydrogen (secondary N) is 1. The van der Waals surface area contributed by atoms with Gasteiger partial charge in [-0.05, 0) is 55.3 Å². The molecule has 2 aromatic carbocycles. The molecule has 6 nitrogen and oxygen atoms in total. The second-order valence-electron chi connectivity index (χ2n) is 6.45. The number of methoxy groups -OCH3 is 1. The van der Waals surface area contributed by atoms with E-state index in [1.807, 2.05) is 31.2 Å². The number of ether oxygens (including phenoxy) is 1. The van der Waals surface area contributed by atoms with Gasteiger partial charge in [0.05, 0.1) is 25.1 Å². The first-order valence-corrected chi connectivity index (χ1v) is 11.1. The summed E-state index contributed by atoms with van der Waals surface area (Å²) in [5.74, 6) is 0.340. The summed E-state index contributed by atoms with van der Waals surface area (Å²) in [7, 11) is -2.09. The van der Waals surface area contributed by atoms with Crippen molar-refractivity contribution in [1.82, 2.24) is 5.32 Å². The smallest absolute Gasteiger partial charge is 0.244 e. The molecule has 2 aromatic rings. The zero-order valence-corrected chi connectivity index (χ0v) is 17.9. The van der Waals surface area contributed by atoms with Gasteiger partial charge in [0, 0.05) is 5.02 Å². The molecule has 0 saturated heterocycles. The Morgan fingerprint density at radius 1 is 1.14 bits per heavy atom. The van der Waals surface area contributed by atoms with Crippen LogP contribution in [0.4, 0.5) is 5.69 Å². The SMILES string of the molecule is CC[C@@H](NC(=O)[C@@H](C)N(c1ccc(Cl)cc1)S(C)(=O)=O)c1ccc(OC)cc1. The zero-order chi connectivity index (χ0) is 20.9. The van der Waals surface area contributed by atoms with Crippen molar-refractivity contribution < 1.29 is 17.9 Å². The van der Waals surface area contributed by atoms with Crippen LogP contribution in [0.25, 0.3) is 0 Å². The largest absolute Gasteiger partial charge is 0.497 e. The van der Waals surface area contributed by atoms with Crippen LogP contribution in [0.1, 0.15) is 31.9 Å². The van der Waals surface area contributed by atoms with Crippen LogP contribution < -0.4 is 14.4 Å². The lowest BCUT2D eigenvalue weighted by atomic mass is 10.0. The molecule has 0 aromatic heterocycles. The maximum Gasteiger partial charge on any atom is 0.244 e. The van der Waals surface area contributed by atoms with Gasteiger partial charge < -0.3 is 10.1 Å². The van der Waals surface area contributed by atoms with E-state index in [-0.39, 0.29) is 11.9 Å². The number of anilines is 1. The Bertz CT molecular complexity index is 899. The lowest BCUT2D eigenvalue weighted by Crippen LogP contribution is -2.48. The third-order valence-electron chi connectivity index (χ3n) is 4.41. The molecule has 2 rings (SSSR count). The lowest BCUT2D eigenvalue weighted by Gasteiger charge is -2.29. The van der Waals surface area contributed by atoms with Crippen LogP contribution in [0.3, 0.4) is 0 Å². The summed E-state index contributed by atoms with van der Waals surface area (Å²) in [5, 5.41) is 3.43. The molecule has 0 bridgehead atoms. The van der Waals surface area contributed by atoms with E-state index in [1.54, 1.807) is 38.3 Å². The van der Waals surface area contributed by atoms with E-state index in [0.717, 1.165) is 21.9 Å². The average Bonchev–Trinajstić information content (AvgIpc) is 2.66. The molecule has 0 spiro atoms. The number of rotatable bonds is 8. The van der Waals surface area contributed by atoms with Crippen LogP contribution in [-0.4, -0.2) is 33.7 Å². The molecule has 152 valence electrons. The van der Waals surface area contributed by atoms with Gasteiger partial charge in [-0.1, -0.05) is 30.7 Å². The van der Waals surface area contributed by atoms with Crippen molar-refractivity contribution in [2.45, 2.75) is 32.4 Å². The number of amides is 1. The first-order valence-electron chi connectivity index (χ1n) is 8.86. The highest BCUT2D eigenvalue weighted by Gasteiger charge is 2.30. The number of hydrogen-bond donors (Lipinski definition) is 1. The summed E-state index contributed by atoms with van der Waals surface area (Å²) in [6, 6.07) is 12.6. The molecule has 0 fully saturated rings. The van der Waals surface area contributed by atoms with Crippen molar-refractivity contribution in [1.29, 1.82) is 0 Å². The van der Waals surface area contributed by atoms with Gasteiger partial charge in [-0.15, -0.1) is 0 Å². The maximum atomic E-state index is 12.9. The molecular weight excluding hydrogens is 400 g/mol. The highest BCUT2D eigenvalue weighted by Crippen LogP contribution is 2.24. The zero-order valence-electron chi connectivity index (χ0n) is 16.3. The van der Waals surface area contributed by atoms with E-state index in [2.05, 4.69) is 5.32 Å². The summed E-state index contributed by atoms with van der Waals surface area (Å²) >= 11 is 5.89. The summed E-state index contributed by atoms with van der Waals surface area (Å²) in [6.45, 7) is 3.51. The Labute approximate surface area is 171 Å². The van der Waals surface area contributed by atoms with Crippen molar-refractivity contribution in [2.75, 3.05) is 17.7 Å². The Morgan fingerprint density at radius 3 is 2.18 bits per heavy atom. The molecule has 0 radical (unpaired) electrons. The van der Waals surface area contributed by atoms with E-state index < -0.39 is 16.1 Å². The second kappa shape index (κ2) is 9.30. The van der Waals surface area contributed by atoms with Crippen molar-refractivity contribution in [2.24, 2.45) is 0 Å². The molecule has 2 atom stereocenters. The van der Waals surface area contributed by atoms with Gasteiger partial charge >= 0.3 is 0 Å². The molecule has 1 N–H and O–H groups in total. The van der Waals surface area contributed by atoms with Crippen molar-refractivity contribution in [3.63, 3.8) is 0 Å². The van der Waals surface area contributed by atoms with Gasteiger partial charge in [0.15, 0.2) is 0 Å². The number of benzene rings is 2. The minimum absolute atomic E-state index is 0.243. The van der Waals surface area contributed by atoms with Gasteiger partial charge in [0.25, 0.3) is 0 Å². The third-order valence-corrected chi connectivity index (χ3v) is 5.91. The third kappa shape index (κ3) is 5.39. The molecule has 0 heterocycles. The van der Waals surface area contributed by atoms with Crippen LogP contribution in [0, 0.1) is 0 Å². The van der Waals surface area contributed by atoms with Crippen LogP contribution in [0.15, 0.2) is 48.5 Å². The van der Waals surface area contributed by atoms with Gasteiger partial charge in [-0.3, -0.25) is 9.10 Å². The molecule has 1 amide bonds. The van der Waals surface area contributed by atoms with Crippen molar-refractivity contribution in [3.8, 4) is 5.75 Å². The minimum Gasteiger partial charge on any atom is -0.497 e. The Morgan fingerprint density at radius 2 is 1.71 bits per heavy atom. The Hall–Kier alpha value is -2.25. The average molecular weight is 425 g/mol. The second-order valence-corrected chi connectivity index (χ2v) is 8.75. The van der Waals surface area contributed by atoms with Crippen molar-refractivity contribution in [3.05, 3.63) is 59.1 Å². The lowest BCUT2D eigenvalue weighted by molar-refractivity contribution is -0.122. The highest BCUT2D eigenvalue weighted by molar-refractivity contribution is 7.92. The summed E-state index contributed by atoms with van der Waals surface area (Å²) in [5.41, 5.74) is 1.30. The fourth-order valence-corrected chi connectivity index (χ4v) is 4.25. The topological polar surface area (TPSA) is 75.7 Å². The number of hydrogen-bond acceptors (Lipinski definition) is 4. The molecule has 0 saturated carbocycles. The molecule has 8 heteroatoms. The van der Waals surface area contributed by atoms with Crippen LogP contribution in [-0.2, 0) is 14.8 Å². The molecule has 28 heavy (non-hydrogen) atoms. The molecule has 0 aliphatic rings. The Kier molecular flexibility index (Phi) is 7.32. The fraction of sp³-hybridized carbons (Fsp3) is 0.350. The van der Waals surface area contributed by atoms with Gasteiger partial charge in [-0.25, -0.2) is 8.42 Å².